The lowest BCUT2D eigenvalue weighted by Crippen LogP contribution is -2.42. The van der Waals surface area contributed by atoms with Crippen molar-refractivity contribution < 1.29 is 13.2 Å². The van der Waals surface area contributed by atoms with Gasteiger partial charge in [0.25, 0.3) is 15.9 Å². The molecule has 0 spiro atoms. The first-order valence-electron chi connectivity index (χ1n) is 6.32. The summed E-state index contributed by atoms with van der Waals surface area (Å²) < 4.78 is 26.0. The normalized spacial score (nSPS) is 11.4. The van der Waals surface area contributed by atoms with Gasteiger partial charge >= 0.3 is 0 Å². The van der Waals surface area contributed by atoms with Crippen LogP contribution in [-0.2, 0) is 17.1 Å². The summed E-state index contributed by atoms with van der Waals surface area (Å²) in [4.78, 5) is 14.1. The lowest BCUT2D eigenvalue weighted by molar-refractivity contribution is 0.0937. The van der Waals surface area contributed by atoms with Crippen LogP contribution in [0.15, 0.2) is 41.4 Å². The molecule has 112 valence electrons. The maximum absolute atomic E-state index is 12.2. The van der Waals surface area contributed by atoms with Gasteiger partial charge in [-0.2, -0.15) is 0 Å². The summed E-state index contributed by atoms with van der Waals surface area (Å²) in [6.45, 7) is 3.59. The molecule has 0 aliphatic carbocycles. The molecule has 2 aromatic rings. The standard InChI is InChI=1S/C14H17N3O3S/c1-10-6-7-13(11(2)9-10)21(19,20)16-15-14(18)12-5-4-8-17(12)3/h4-9,16H,1-3H3,(H,15,18). The van der Waals surface area contributed by atoms with Gasteiger partial charge < -0.3 is 4.57 Å². The molecule has 0 radical (unpaired) electrons. The fourth-order valence-electron chi connectivity index (χ4n) is 2.03. The first kappa shape index (κ1) is 15.3. The summed E-state index contributed by atoms with van der Waals surface area (Å²) in [5.41, 5.74) is 4.16. The third kappa shape index (κ3) is 3.32. The molecule has 21 heavy (non-hydrogen) atoms. The number of carbonyl (C=O) groups is 1. The van der Waals surface area contributed by atoms with E-state index >= 15 is 0 Å². The van der Waals surface area contributed by atoms with Gasteiger partial charge in [-0.3, -0.25) is 10.2 Å². The largest absolute Gasteiger partial charge is 0.347 e. The fourth-order valence-corrected chi connectivity index (χ4v) is 3.10. The summed E-state index contributed by atoms with van der Waals surface area (Å²) >= 11 is 0. The summed E-state index contributed by atoms with van der Waals surface area (Å²) in [6, 6.07) is 8.30. The first-order valence-corrected chi connectivity index (χ1v) is 7.80. The van der Waals surface area contributed by atoms with E-state index in [1.165, 1.54) is 6.07 Å². The van der Waals surface area contributed by atoms with Crippen molar-refractivity contribution in [2.75, 3.05) is 0 Å². The van der Waals surface area contributed by atoms with Crippen molar-refractivity contribution in [3.63, 3.8) is 0 Å². The number of hydrazine groups is 1. The lowest BCUT2D eigenvalue weighted by atomic mass is 10.2. The quantitative estimate of drug-likeness (QED) is 0.835. The van der Waals surface area contributed by atoms with Gasteiger partial charge in [0.2, 0.25) is 0 Å². The van der Waals surface area contributed by atoms with E-state index in [1.54, 1.807) is 49.0 Å². The Labute approximate surface area is 123 Å². The molecule has 1 amide bonds. The van der Waals surface area contributed by atoms with E-state index in [9.17, 15) is 13.2 Å². The van der Waals surface area contributed by atoms with Gasteiger partial charge in [-0.05, 0) is 37.6 Å². The van der Waals surface area contributed by atoms with Crippen molar-refractivity contribution in [3.05, 3.63) is 53.3 Å². The van der Waals surface area contributed by atoms with Crippen LogP contribution in [-0.4, -0.2) is 18.9 Å². The monoisotopic (exact) mass is 307 g/mol. The van der Waals surface area contributed by atoms with Gasteiger partial charge in [-0.1, -0.05) is 17.7 Å². The SMILES string of the molecule is Cc1ccc(S(=O)(=O)NNC(=O)c2cccn2C)c(C)c1. The van der Waals surface area contributed by atoms with E-state index < -0.39 is 15.9 Å². The summed E-state index contributed by atoms with van der Waals surface area (Å²) in [5, 5.41) is 0. The Hall–Kier alpha value is -2.12. The number of hydrogen-bond donors (Lipinski definition) is 2. The van der Waals surface area contributed by atoms with Gasteiger partial charge in [0.05, 0.1) is 4.90 Å². The topological polar surface area (TPSA) is 80.2 Å². The minimum Gasteiger partial charge on any atom is -0.347 e. The molecule has 0 aliphatic rings. The van der Waals surface area contributed by atoms with Gasteiger partial charge in [-0.15, -0.1) is 4.83 Å². The third-order valence-corrected chi connectivity index (χ3v) is 4.50. The summed E-state index contributed by atoms with van der Waals surface area (Å²) in [6.07, 6.45) is 1.70. The number of sulfonamides is 1. The molecule has 0 saturated carbocycles. The molecule has 0 atom stereocenters. The van der Waals surface area contributed by atoms with Crippen molar-refractivity contribution in [1.29, 1.82) is 0 Å². The molecule has 2 N–H and O–H groups in total. The third-order valence-electron chi connectivity index (χ3n) is 3.10. The van der Waals surface area contributed by atoms with Gasteiger partial charge in [0, 0.05) is 13.2 Å². The predicted molar refractivity (Wildman–Crippen MR) is 79.1 cm³/mol. The van der Waals surface area contributed by atoms with E-state index in [-0.39, 0.29) is 4.90 Å². The molecule has 0 bridgehead atoms. The fraction of sp³-hybridized carbons (Fsp3) is 0.214. The van der Waals surface area contributed by atoms with E-state index in [4.69, 9.17) is 0 Å². The molecule has 2 rings (SSSR count). The van der Waals surface area contributed by atoms with Crippen molar-refractivity contribution in [2.45, 2.75) is 18.7 Å². The van der Waals surface area contributed by atoms with E-state index in [0.29, 0.717) is 11.3 Å². The molecule has 1 aromatic carbocycles. The Morgan fingerprint density at radius 3 is 2.48 bits per heavy atom. The van der Waals surface area contributed by atoms with E-state index in [0.717, 1.165) is 5.56 Å². The summed E-state index contributed by atoms with van der Waals surface area (Å²) in [7, 11) is -2.10. The average molecular weight is 307 g/mol. The van der Waals surface area contributed by atoms with E-state index in [1.807, 2.05) is 6.92 Å². The lowest BCUT2D eigenvalue weighted by Gasteiger charge is -2.11. The Morgan fingerprint density at radius 1 is 1.19 bits per heavy atom. The molecule has 6 nitrogen and oxygen atoms in total. The first-order chi connectivity index (χ1) is 9.81. The number of hydrogen-bond acceptors (Lipinski definition) is 3. The number of rotatable bonds is 4. The van der Waals surface area contributed by atoms with Crippen LogP contribution in [0, 0.1) is 13.8 Å². The summed E-state index contributed by atoms with van der Waals surface area (Å²) in [5.74, 6) is -0.518. The maximum Gasteiger partial charge on any atom is 0.282 e. The van der Waals surface area contributed by atoms with Crippen LogP contribution in [0.1, 0.15) is 21.6 Å². The second kappa shape index (κ2) is 5.71. The molecule has 0 saturated heterocycles. The van der Waals surface area contributed by atoms with Gasteiger partial charge in [-0.25, -0.2) is 8.42 Å². The number of nitrogens with zero attached hydrogens (tertiary/aromatic N) is 1. The smallest absolute Gasteiger partial charge is 0.282 e. The minimum atomic E-state index is -3.80. The zero-order chi connectivity index (χ0) is 15.6. The van der Waals surface area contributed by atoms with Crippen molar-refractivity contribution in [2.24, 2.45) is 7.05 Å². The van der Waals surface area contributed by atoms with Crippen LogP contribution < -0.4 is 10.3 Å². The average Bonchev–Trinajstić information content (AvgIpc) is 2.82. The second-order valence-electron chi connectivity index (χ2n) is 4.83. The van der Waals surface area contributed by atoms with Crippen LogP contribution in [0.4, 0.5) is 0 Å². The number of amides is 1. The van der Waals surface area contributed by atoms with E-state index in [2.05, 4.69) is 10.3 Å². The van der Waals surface area contributed by atoms with Crippen LogP contribution in [0.3, 0.4) is 0 Å². The highest BCUT2D eigenvalue weighted by Crippen LogP contribution is 2.15. The predicted octanol–water partition coefficient (Wildman–Crippen LogP) is 1.27. The maximum atomic E-state index is 12.2. The highest BCUT2D eigenvalue weighted by Gasteiger charge is 2.18. The van der Waals surface area contributed by atoms with Crippen LogP contribution in [0.5, 0.6) is 0 Å². The molecule has 1 heterocycles. The van der Waals surface area contributed by atoms with Crippen LogP contribution >= 0.6 is 0 Å². The Kier molecular flexibility index (Phi) is 4.15. The number of carbonyl (C=O) groups excluding carboxylic acids is 1. The zero-order valence-corrected chi connectivity index (χ0v) is 12.9. The molecular formula is C14H17N3O3S. The molecule has 0 aliphatic heterocycles. The molecule has 0 fully saturated rings. The van der Waals surface area contributed by atoms with Crippen molar-refractivity contribution in [3.8, 4) is 0 Å². The Balaban J connectivity index is 2.15. The second-order valence-corrected chi connectivity index (χ2v) is 6.48. The minimum absolute atomic E-state index is 0.139. The molecule has 1 aromatic heterocycles. The molecule has 7 heteroatoms. The number of aromatic nitrogens is 1. The number of nitrogens with one attached hydrogen (secondary N) is 2. The molecule has 0 unspecified atom stereocenters. The number of aryl methyl sites for hydroxylation is 3. The molecular weight excluding hydrogens is 290 g/mol. The highest BCUT2D eigenvalue weighted by molar-refractivity contribution is 7.89. The Morgan fingerprint density at radius 2 is 1.90 bits per heavy atom. The van der Waals surface area contributed by atoms with Crippen molar-refractivity contribution >= 4 is 15.9 Å². The van der Waals surface area contributed by atoms with Gasteiger partial charge in [0.15, 0.2) is 0 Å². The number of benzene rings is 1. The van der Waals surface area contributed by atoms with Crippen molar-refractivity contribution in [1.82, 2.24) is 14.8 Å². The van der Waals surface area contributed by atoms with Crippen LogP contribution in [0.2, 0.25) is 0 Å². The van der Waals surface area contributed by atoms with Gasteiger partial charge in [0.1, 0.15) is 5.69 Å². The van der Waals surface area contributed by atoms with Crippen LogP contribution in [0.25, 0.3) is 0 Å². The highest BCUT2D eigenvalue weighted by atomic mass is 32.2. The zero-order valence-electron chi connectivity index (χ0n) is 12.0. The Bertz CT molecular complexity index is 779.